The van der Waals surface area contributed by atoms with Crippen molar-refractivity contribution in [2.45, 2.75) is 23.5 Å². The molecule has 1 atom stereocenters. The molecule has 0 spiro atoms. The Labute approximate surface area is 159 Å². The van der Waals surface area contributed by atoms with Gasteiger partial charge in [0.25, 0.3) is 5.91 Å². The Morgan fingerprint density at radius 3 is 2.85 bits per heavy atom. The summed E-state index contributed by atoms with van der Waals surface area (Å²) in [5.74, 6) is -0.152. The maximum Gasteiger partial charge on any atom is 0.291 e. The summed E-state index contributed by atoms with van der Waals surface area (Å²) in [6.07, 6.45) is 3.78. The summed E-state index contributed by atoms with van der Waals surface area (Å²) in [5, 5.41) is 7.76. The van der Waals surface area contributed by atoms with Gasteiger partial charge < -0.3 is 15.1 Å². The highest BCUT2D eigenvalue weighted by atomic mass is 32.2. The molecule has 0 saturated carbocycles. The van der Waals surface area contributed by atoms with Crippen LogP contribution >= 0.6 is 23.1 Å². The zero-order valence-corrected chi connectivity index (χ0v) is 15.6. The molecule has 0 fully saturated rings. The summed E-state index contributed by atoms with van der Waals surface area (Å²) < 4.78 is 5.09. The SMILES string of the molecule is CCC(Sc1cccc(NC(=O)c2ccco2)c1)C(=O)Nc1nccs1. The zero-order valence-electron chi connectivity index (χ0n) is 14.0. The summed E-state index contributed by atoms with van der Waals surface area (Å²) in [6, 6.07) is 10.6. The lowest BCUT2D eigenvalue weighted by molar-refractivity contribution is -0.115. The van der Waals surface area contributed by atoms with Crippen LogP contribution in [0, 0.1) is 0 Å². The fraction of sp³-hybridized carbons (Fsp3) is 0.167. The van der Waals surface area contributed by atoms with Crippen molar-refractivity contribution in [2.75, 3.05) is 10.6 Å². The van der Waals surface area contributed by atoms with Crippen LogP contribution in [0.2, 0.25) is 0 Å². The first-order valence-electron chi connectivity index (χ1n) is 7.97. The van der Waals surface area contributed by atoms with E-state index < -0.39 is 0 Å². The largest absolute Gasteiger partial charge is 0.459 e. The van der Waals surface area contributed by atoms with Crippen LogP contribution in [0.3, 0.4) is 0 Å². The number of rotatable bonds is 7. The number of hydrogen-bond acceptors (Lipinski definition) is 6. The highest BCUT2D eigenvalue weighted by Gasteiger charge is 2.19. The minimum Gasteiger partial charge on any atom is -0.459 e. The number of aromatic nitrogens is 1. The first-order chi connectivity index (χ1) is 12.7. The molecule has 2 aromatic heterocycles. The lowest BCUT2D eigenvalue weighted by atomic mass is 10.3. The summed E-state index contributed by atoms with van der Waals surface area (Å²) in [4.78, 5) is 29.4. The first-order valence-corrected chi connectivity index (χ1v) is 9.73. The molecule has 0 aliphatic rings. The maximum atomic E-state index is 12.4. The van der Waals surface area contributed by atoms with Crippen molar-refractivity contribution in [3.8, 4) is 0 Å². The number of amides is 2. The van der Waals surface area contributed by atoms with E-state index in [-0.39, 0.29) is 22.8 Å². The molecule has 1 unspecified atom stereocenters. The second-order valence-corrected chi connectivity index (χ2v) is 7.47. The molecule has 2 amide bonds. The summed E-state index contributed by atoms with van der Waals surface area (Å²) >= 11 is 2.83. The van der Waals surface area contributed by atoms with Crippen LogP contribution in [-0.4, -0.2) is 22.0 Å². The van der Waals surface area contributed by atoms with Gasteiger partial charge in [-0.15, -0.1) is 23.1 Å². The highest BCUT2D eigenvalue weighted by molar-refractivity contribution is 8.00. The van der Waals surface area contributed by atoms with Gasteiger partial charge in [0.2, 0.25) is 5.91 Å². The van der Waals surface area contributed by atoms with E-state index in [2.05, 4.69) is 15.6 Å². The third-order valence-corrected chi connectivity index (χ3v) is 5.49. The Balaban J connectivity index is 1.64. The fourth-order valence-electron chi connectivity index (χ4n) is 2.21. The van der Waals surface area contributed by atoms with E-state index in [1.807, 2.05) is 30.5 Å². The zero-order chi connectivity index (χ0) is 18.4. The Hall–Kier alpha value is -2.58. The van der Waals surface area contributed by atoms with Gasteiger partial charge in [0.1, 0.15) is 0 Å². The standard InChI is InChI=1S/C18H17N3O3S2/c1-2-15(17(23)21-18-19-8-10-25-18)26-13-6-3-5-12(11-13)20-16(22)14-7-4-9-24-14/h3-11,15H,2H2,1H3,(H,20,22)(H,19,21,23). The lowest BCUT2D eigenvalue weighted by Gasteiger charge is -2.14. The number of hydrogen-bond donors (Lipinski definition) is 2. The number of carbonyl (C=O) groups excluding carboxylic acids is 2. The van der Waals surface area contributed by atoms with Gasteiger partial charge in [-0.1, -0.05) is 13.0 Å². The first kappa shape index (κ1) is 18.2. The monoisotopic (exact) mass is 387 g/mol. The predicted molar refractivity (Wildman–Crippen MR) is 104 cm³/mol. The van der Waals surface area contributed by atoms with Gasteiger partial charge in [0.15, 0.2) is 10.9 Å². The van der Waals surface area contributed by atoms with Crippen LogP contribution < -0.4 is 10.6 Å². The van der Waals surface area contributed by atoms with Crippen molar-refractivity contribution in [2.24, 2.45) is 0 Å². The van der Waals surface area contributed by atoms with Gasteiger partial charge in [-0.2, -0.15) is 0 Å². The highest BCUT2D eigenvalue weighted by Crippen LogP contribution is 2.29. The van der Waals surface area contributed by atoms with Crippen molar-refractivity contribution in [3.05, 3.63) is 60.0 Å². The minimum absolute atomic E-state index is 0.0857. The second kappa shape index (κ2) is 8.68. The van der Waals surface area contributed by atoms with Crippen molar-refractivity contribution >= 4 is 45.7 Å². The summed E-state index contributed by atoms with van der Waals surface area (Å²) in [5.41, 5.74) is 0.645. The van der Waals surface area contributed by atoms with E-state index in [4.69, 9.17) is 4.42 Å². The molecule has 2 heterocycles. The maximum absolute atomic E-state index is 12.4. The molecule has 0 bridgehead atoms. The number of benzene rings is 1. The number of nitrogens with one attached hydrogen (secondary N) is 2. The predicted octanol–water partition coefficient (Wildman–Crippen LogP) is 4.50. The molecule has 26 heavy (non-hydrogen) atoms. The van der Waals surface area contributed by atoms with E-state index in [1.165, 1.54) is 29.4 Å². The Bertz CT molecular complexity index is 864. The smallest absolute Gasteiger partial charge is 0.291 e. The van der Waals surface area contributed by atoms with Crippen molar-refractivity contribution in [1.29, 1.82) is 0 Å². The Morgan fingerprint density at radius 1 is 1.27 bits per heavy atom. The molecular weight excluding hydrogens is 370 g/mol. The number of nitrogens with zero attached hydrogens (tertiary/aromatic N) is 1. The molecule has 6 nitrogen and oxygen atoms in total. The second-order valence-electron chi connectivity index (χ2n) is 5.30. The average Bonchev–Trinajstić information content (AvgIpc) is 3.33. The van der Waals surface area contributed by atoms with Crippen LogP contribution in [0.4, 0.5) is 10.8 Å². The number of anilines is 2. The third-order valence-electron chi connectivity index (χ3n) is 3.44. The Kier molecular flexibility index (Phi) is 6.08. The molecule has 134 valence electrons. The van der Waals surface area contributed by atoms with E-state index in [9.17, 15) is 9.59 Å². The molecule has 0 aliphatic heterocycles. The third kappa shape index (κ3) is 4.74. The molecule has 8 heteroatoms. The van der Waals surface area contributed by atoms with Gasteiger partial charge in [0, 0.05) is 22.2 Å². The summed E-state index contributed by atoms with van der Waals surface area (Å²) in [7, 11) is 0. The number of carbonyl (C=O) groups is 2. The van der Waals surface area contributed by atoms with Crippen molar-refractivity contribution < 1.29 is 14.0 Å². The van der Waals surface area contributed by atoms with Crippen LogP contribution in [-0.2, 0) is 4.79 Å². The van der Waals surface area contributed by atoms with Crippen LogP contribution in [0.25, 0.3) is 0 Å². The van der Waals surface area contributed by atoms with Crippen molar-refractivity contribution in [3.63, 3.8) is 0 Å². The van der Waals surface area contributed by atoms with Gasteiger partial charge in [-0.25, -0.2) is 4.98 Å². The van der Waals surface area contributed by atoms with E-state index in [0.29, 0.717) is 17.2 Å². The molecule has 0 saturated heterocycles. The van der Waals surface area contributed by atoms with Crippen LogP contribution in [0.5, 0.6) is 0 Å². The quantitative estimate of drug-likeness (QED) is 0.583. The molecule has 0 radical (unpaired) electrons. The van der Waals surface area contributed by atoms with E-state index in [0.717, 1.165) is 4.90 Å². The number of furan rings is 1. The van der Waals surface area contributed by atoms with Crippen LogP contribution in [0.1, 0.15) is 23.9 Å². The molecule has 2 N–H and O–H groups in total. The molecule has 1 aromatic carbocycles. The lowest BCUT2D eigenvalue weighted by Crippen LogP contribution is -2.24. The van der Waals surface area contributed by atoms with Crippen molar-refractivity contribution in [1.82, 2.24) is 4.98 Å². The normalized spacial score (nSPS) is 11.7. The van der Waals surface area contributed by atoms with E-state index in [1.54, 1.807) is 24.4 Å². The topological polar surface area (TPSA) is 84.2 Å². The Morgan fingerprint density at radius 2 is 2.15 bits per heavy atom. The minimum atomic E-state index is -0.314. The average molecular weight is 387 g/mol. The molecule has 3 rings (SSSR count). The number of thioether (sulfide) groups is 1. The fourth-order valence-corrected chi connectivity index (χ4v) is 3.75. The molecule has 0 aliphatic carbocycles. The molecular formula is C18H17N3O3S2. The van der Waals surface area contributed by atoms with Gasteiger partial charge >= 0.3 is 0 Å². The van der Waals surface area contributed by atoms with Gasteiger partial charge in [-0.3, -0.25) is 9.59 Å². The van der Waals surface area contributed by atoms with Gasteiger partial charge in [-0.05, 0) is 36.8 Å². The van der Waals surface area contributed by atoms with Crippen LogP contribution in [0.15, 0.2) is 63.6 Å². The molecule has 3 aromatic rings. The van der Waals surface area contributed by atoms with Gasteiger partial charge in [0.05, 0.1) is 11.5 Å². The number of thiazole rings is 1. The summed E-state index contributed by atoms with van der Waals surface area (Å²) in [6.45, 7) is 1.96. The van der Waals surface area contributed by atoms with E-state index >= 15 is 0 Å².